The fourth-order valence-electron chi connectivity index (χ4n) is 6.33. The zero-order chi connectivity index (χ0) is 24.2. The van der Waals surface area contributed by atoms with E-state index in [9.17, 15) is 4.79 Å². The zero-order valence-electron chi connectivity index (χ0n) is 20.7. The number of nitrogens with zero attached hydrogens (tertiary/aromatic N) is 1. The van der Waals surface area contributed by atoms with E-state index in [1.165, 1.54) is 22.3 Å². The van der Waals surface area contributed by atoms with Crippen LogP contribution in [-0.2, 0) is 16.9 Å². The lowest BCUT2D eigenvalue weighted by molar-refractivity contribution is -0.0806. The Bertz CT molecular complexity index is 1420. The van der Waals surface area contributed by atoms with Crippen molar-refractivity contribution in [3.05, 3.63) is 106 Å². The number of fused-ring (bicyclic) bond motifs is 3. The molecular formula is C31H32N2O2. The van der Waals surface area contributed by atoms with Crippen LogP contribution in [0.5, 0.6) is 0 Å². The molecule has 1 aromatic heterocycles. The van der Waals surface area contributed by atoms with Gasteiger partial charge in [-0.1, -0.05) is 71.8 Å². The zero-order valence-corrected chi connectivity index (χ0v) is 20.7. The van der Waals surface area contributed by atoms with E-state index in [-0.39, 0.29) is 11.4 Å². The van der Waals surface area contributed by atoms with Crippen LogP contribution in [0.25, 0.3) is 10.9 Å². The first-order valence-electron chi connectivity index (χ1n) is 12.6. The van der Waals surface area contributed by atoms with E-state index in [4.69, 9.17) is 4.74 Å². The Morgan fingerprint density at radius 3 is 2.43 bits per heavy atom. The van der Waals surface area contributed by atoms with Crippen LogP contribution in [0.3, 0.4) is 0 Å². The van der Waals surface area contributed by atoms with Gasteiger partial charge < -0.3 is 14.6 Å². The molecule has 4 nitrogen and oxygen atoms in total. The molecule has 3 aromatic carbocycles. The van der Waals surface area contributed by atoms with Crippen LogP contribution < -0.4 is 5.32 Å². The minimum absolute atomic E-state index is 0.0701. The number of nitrogens with one attached hydrogen (secondary N) is 1. The second kappa shape index (κ2) is 8.47. The van der Waals surface area contributed by atoms with Crippen molar-refractivity contribution in [3.63, 3.8) is 0 Å². The lowest BCUT2D eigenvalue weighted by Crippen LogP contribution is -2.40. The minimum atomic E-state index is -0.566. The highest BCUT2D eigenvalue weighted by Crippen LogP contribution is 2.50. The summed E-state index contributed by atoms with van der Waals surface area (Å²) in [5.41, 5.74) is 8.51. The van der Waals surface area contributed by atoms with Crippen molar-refractivity contribution in [1.82, 2.24) is 9.88 Å². The standard InChI is InChI=1S/C31H32N2O2/c1-20-16-21(2)18-23(17-20)19-33-22(3)28(25-9-5-7-11-27(25)33)29(34)30-24-8-4-6-10-26(24)31(35-30)12-14-32-15-13-31/h4-11,16-18,30,32H,12-15,19H2,1-3H3/t30-/m1/s1. The third-order valence-electron chi connectivity index (χ3n) is 7.83. The van der Waals surface area contributed by atoms with Crippen LogP contribution >= 0.6 is 0 Å². The van der Waals surface area contributed by atoms with Crippen molar-refractivity contribution in [3.8, 4) is 0 Å². The highest BCUT2D eigenvalue weighted by Gasteiger charge is 2.48. The Hall–Kier alpha value is -3.21. The fraction of sp³-hybridized carbons (Fsp3) is 0.323. The van der Waals surface area contributed by atoms with Gasteiger partial charge in [0.15, 0.2) is 5.78 Å². The van der Waals surface area contributed by atoms with Crippen LogP contribution in [0.1, 0.15) is 62.8 Å². The van der Waals surface area contributed by atoms with E-state index in [1.807, 2.05) is 12.1 Å². The normalized spacial score (nSPS) is 18.8. The molecule has 1 N–H and O–H groups in total. The van der Waals surface area contributed by atoms with Gasteiger partial charge in [0, 0.05) is 28.7 Å². The maximum absolute atomic E-state index is 14.3. The van der Waals surface area contributed by atoms with Crippen LogP contribution in [0.15, 0.2) is 66.7 Å². The number of benzene rings is 3. The van der Waals surface area contributed by atoms with Gasteiger partial charge in [-0.05, 0) is 69.5 Å². The van der Waals surface area contributed by atoms with E-state index < -0.39 is 6.10 Å². The van der Waals surface area contributed by atoms with Gasteiger partial charge >= 0.3 is 0 Å². The van der Waals surface area contributed by atoms with Crippen molar-refractivity contribution >= 4 is 16.7 Å². The smallest absolute Gasteiger partial charge is 0.198 e. The fourth-order valence-corrected chi connectivity index (χ4v) is 6.33. The van der Waals surface area contributed by atoms with Crippen molar-refractivity contribution < 1.29 is 9.53 Å². The predicted octanol–water partition coefficient (Wildman–Crippen LogP) is 6.15. The van der Waals surface area contributed by atoms with Crippen LogP contribution in [-0.4, -0.2) is 23.4 Å². The van der Waals surface area contributed by atoms with Gasteiger partial charge in [-0.15, -0.1) is 0 Å². The molecule has 0 saturated carbocycles. The summed E-state index contributed by atoms with van der Waals surface area (Å²) in [6, 6.07) is 23.3. The predicted molar refractivity (Wildman–Crippen MR) is 140 cm³/mol. The Morgan fingerprint density at radius 1 is 0.971 bits per heavy atom. The van der Waals surface area contributed by atoms with Gasteiger partial charge in [0.2, 0.25) is 0 Å². The molecule has 1 fully saturated rings. The van der Waals surface area contributed by atoms with Crippen LogP contribution in [0.2, 0.25) is 0 Å². The molecule has 2 aliphatic heterocycles. The van der Waals surface area contributed by atoms with E-state index in [1.54, 1.807) is 0 Å². The molecule has 1 atom stereocenters. The first-order valence-corrected chi connectivity index (χ1v) is 12.6. The summed E-state index contributed by atoms with van der Waals surface area (Å²) in [5.74, 6) is 0.0701. The third-order valence-corrected chi connectivity index (χ3v) is 7.83. The van der Waals surface area contributed by atoms with Crippen molar-refractivity contribution in [1.29, 1.82) is 0 Å². The SMILES string of the molecule is Cc1cc(C)cc(Cn2c(C)c(C(=O)[C@@H]3OC4(CCNCC4)c4ccccc43)c3ccccc32)c1. The number of para-hydroxylation sites is 1. The highest BCUT2D eigenvalue weighted by atomic mass is 16.5. The molecule has 2 aliphatic rings. The molecule has 35 heavy (non-hydrogen) atoms. The molecule has 3 heterocycles. The molecule has 1 spiro atoms. The number of Topliss-reactive ketones (excluding diaryl/α,β-unsaturated/α-hetero) is 1. The van der Waals surface area contributed by atoms with Crippen molar-refractivity contribution in [2.45, 2.75) is 51.9 Å². The number of carbonyl (C=O) groups is 1. The van der Waals surface area contributed by atoms with Gasteiger partial charge in [0.1, 0.15) is 6.10 Å². The van der Waals surface area contributed by atoms with E-state index in [2.05, 4.69) is 85.3 Å². The maximum Gasteiger partial charge on any atom is 0.198 e. The quantitative estimate of drug-likeness (QED) is 0.369. The second-order valence-corrected chi connectivity index (χ2v) is 10.3. The van der Waals surface area contributed by atoms with Crippen molar-refractivity contribution in [2.75, 3.05) is 13.1 Å². The minimum Gasteiger partial charge on any atom is -0.354 e. The molecular weight excluding hydrogens is 432 g/mol. The lowest BCUT2D eigenvalue weighted by atomic mass is 9.83. The summed E-state index contributed by atoms with van der Waals surface area (Å²) >= 11 is 0. The Kier molecular flexibility index (Phi) is 5.39. The van der Waals surface area contributed by atoms with Gasteiger partial charge in [-0.25, -0.2) is 0 Å². The number of carbonyl (C=O) groups excluding carboxylic acids is 1. The average Bonchev–Trinajstić information content (AvgIpc) is 3.31. The molecule has 178 valence electrons. The number of hydrogen-bond acceptors (Lipinski definition) is 3. The molecule has 4 aromatic rings. The average molecular weight is 465 g/mol. The summed E-state index contributed by atoms with van der Waals surface area (Å²) < 4.78 is 9.03. The number of hydrogen-bond donors (Lipinski definition) is 1. The monoisotopic (exact) mass is 464 g/mol. The highest BCUT2D eigenvalue weighted by molar-refractivity contribution is 6.12. The Balaban J connectivity index is 1.45. The number of piperidine rings is 1. The van der Waals surface area contributed by atoms with Gasteiger partial charge in [0.05, 0.1) is 5.60 Å². The summed E-state index contributed by atoms with van der Waals surface area (Å²) in [6.45, 7) is 8.90. The first-order chi connectivity index (χ1) is 17.0. The second-order valence-electron chi connectivity index (χ2n) is 10.3. The topological polar surface area (TPSA) is 43.3 Å². The Morgan fingerprint density at radius 2 is 1.66 bits per heavy atom. The lowest BCUT2D eigenvalue weighted by Gasteiger charge is -2.34. The maximum atomic E-state index is 14.3. The largest absolute Gasteiger partial charge is 0.354 e. The number of rotatable bonds is 4. The van der Waals surface area contributed by atoms with E-state index >= 15 is 0 Å². The first kappa shape index (κ1) is 22.3. The van der Waals surface area contributed by atoms with E-state index in [0.29, 0.717) is 0 Å². The number of aromatic nitrogens is 1. The Labute approximate surface area is 206 Å². The molecule has 0 bridgehead atoms. The van der Waals surface area contributed by atoms with Crippen LogP contribution in [0.4, 0.5) is 0 Å². The molecule has 6 rings (SSSR count). The summed E-state index contributed by atoms with van der Waals surface area (Å²) in [6.07, 6.45) is 1.21. The summed E-state index contributed by atoms with van der Waals surface area (Å²) in [7, 11) is 0. The molecule has 4 heteroatoms. The van der Waals surface area contributed by atoms with Gasteiger partial charge in [-0.2, -0.15) is 0 Å². The van der Waals surface area contributed by atoms with Gasteiger partial charge in [0.25, 0.3) is 0 Å². The van der Waals surface area contributed by atoms with Crippen LogP contribution in [0, 0.1) is 20.8 Å². The van der Waals surface area contributed by atoms with Crippen molar-refractivity contribution in [2.24, 2.45) is 0 Å². The summed E-state index contributed by atoms with van der Waals surface area (Å²) in [4.78, 5) is 14.3. The molecule has 0 amide bonds. The van der Waals surface area contributed by atoms with E-state index in [0.717, 1.165) is 60.2 Å². The number of aryl methyl sites for hydroxylation is 2. The van der Waals surface area contributed by atoms with Gasteiger partial charge in [-0.3, -0.25) is 4.79 Å². The molecule has 0 unspecified atom stereocenters. The molecule has 0 radical (unpaired) electrons. The molecule has 1 saturated heterocycles. The summed E-state index contributed by atoms with van der Waals surface area (Å²) in [5, 5.41) is 4.45. The molecule has 0 aliphatic carbocycles. The number of ether oxygens (including phenoxy) is 1. The number of ketones is 1. The third kappa shape index (κ3) is 3.64.